The van der Waals surface area contributed by atoms with Crippen molar-refractivity contribution in [1.82, 2.24) is 0 Å². The summed E-state index contributed by atoms with van der Waals surface area (Å²) in [5.41, 5.74) is 3.27. The second-order valence-corrected chi connectivity index (χ2v) is 14.7. The van der Waals surface area contributed by atoms with Crippen molar-refractivity contribution in [1.29, 1.82) is 0 Å². The molecule has 2 aromatic rings. The van der Waals surface area contributed by atoms with Crippen LogP contribution in [0.4, 0.5) is 10.1 Å². The maximum Gasteiger partial charge on any atom is 0.337 e. The van der Waals surface area contributed by atoms with Crippen LogP contribution in [0.1, 0.15) is 54.1 Å². The molecule has 12 heteroatoms. The molecule has 1 fully saturated rings. The molecule has 2 N–H and O–H groups in total. The summed E-state index contributed by atoms with van der Waals surface area (Å²) in [6.07, 6.45) is 3.54. The Morgan fingerprint density at radius 2 is 2.07 bits per heavy atom. The molecular weight excluding hydrogens is 623 g/mol. The number of fused-ring (bicyclic) bond motifs is 3. The molecule has 5 rings (SSSR count). The first-order valence-electron chi connectivity index (χ1n) is 15.3. The Labute approximate surface area is 269 Å². The van der Waals surface area contributed by atoms with Crippen molar-refractivity contribution >= 4 is 33.3 Å². The van der Waals surface area contributed by atoms with E-state index in [0.29, 0.717) is 49.1 Å². The van der Waals surface area contributed by atoms with Crippen LogP contribution in [-0.4, -0.2) is 72.9 Å². The van der Waals surface area contributed by atoms with Crippen LogP contribution in [0.2, 0.25) is 5.02 Å². The standard InChI is InChI=1S/C33H42ClFN2O7S/c1-21(18-45(36,39)40)6-10-27(35)31(41-2)30-24(12-14-43-30)17-37-19-33(13-4-5-22-15-25(34)8-9-26(22)33)20-44-29-11-7-23(16-28(29)37)32(38)42-3/h7-11,15-16,21,24,30-31H,4-6,12-14,17-20H2,1-3H3,(H2,36,39,40)/b27-10-/t21-,24-,30+,31?,33-/m0/s1. The molecule has 45 heavy (non-hydrogen) atoms. The number of ether oxygens (including phenoxy) is 4. The number of allylic oxidation sites excluding steroid dienone is 1. The molecular formula is C33H42ClFN2O7S. The number of carbonyl (C=O) groups excluding carboxylic acids is 1. The highest BCUT2D eigenvalue weighted by Crippen LogP contribution is 2.45. The van der Waals surface area contributed by atoms with Gasteiger partial charge in [-0.15, -0.1) is 0 Å². The molecule has 1 saturated heterocycles. The van der Waals surface area contributed by atoms with E-state index in [1.807, 2.05) is 18.2 Å². The number of methoxy groups -OCH3 is 2. The molecule has 0 amide bonds. The fourth-order valence-electron chi connectivity index (χ4n) is 7.13. The van der Waals surface area contributed by atoms with E-state index >= 15 is 4.39 Å². The zero-order valence-electron chi connectivity index (χ0n) is 26.0. The normalized spacial score (nSPS) is 24.8. The van der Waals surface area contributed by atoms with Crippen LogP contribution in [0.15, 0.2) is 48.3 Å². The van der Waals surface area contributed by atoms with Crippen LogP contribution < -0.4 is 14.8 Å². The minimum atomic E-state index is -3.67. The van der Waals surface area contributed by atoms with Crippen molar-refractivity contribution in [2.45, 2.75) is 56.7 Å². The van der Waals surface area contributed by atoms with Gasteiger partial charge in [-0.3, -0.25) is 0 Å². The lowest BCUT2D eigenvalue weighted by Crippen LogP contribution is -2.48. The number of esters is 1. The predicted molar refractivity (Wildman–Crippen MR) is 171 cm³/mol. The molecule has 2 heterocycles. The minimum absolute atomic E-state index is 0.117. The highest BCUT2D eigenvalue weighted by Gasteiger charge is 2.44. The van der Waals surface area contributed by atoms with Crippen molar-refractivity contribution in [2.75, 3.05) is 51.2 Å². The third-order valence-corrected chi connectivity index (χ3v) is 10.5. The number of anilines is 1. The minimum Gasteiger partial charge on any atom is -0.490 e. The van der Waals surface area contributed by atoms with Crippen LogP contribution >= 0.6 is 11.6 Å². The third kappa shape index (κ3) is 7.65. The molecule has 0 saturated carbocycles. The van der Waals surface area contributed by atoms with Gasteiger partial charge in [-0.1, -0.05) is 24.6 Å². The van der Waals surface area contributed by atoms with Crippen LogP contribution in [0.5, 0.6) is 5.75 Å². The average Bonchev–Trinajstić information content (AvgIpc) is 3.39. The van der Waals surface area contributed by atoms with Crippen LogP contribution in [0.25, 0.3) is 0 Å². The van der Waals surface area contributed by atoms with E-state index in [9.17, 15) is 13.2 Å². The Kier molecular flexibility index (Phi) is 10.4. The Morgan fingerprint density at radius 1 is 1.27 bits per heavy atom. The average molecular weight is 665 g/mol. The van der Waals surface area contributed by atoms with E-state index in [4.69, 9.17) is 35.7 Å². The number of hydrogen-bond donors (Lipinski definition) is 1. The van der Waals surface area contributed by atoms with Crippen molar-refractivity contribution in [3.63, 3.8) is 0 Å². The van der Waals surface area contributed by atoms with E-state index in [0.717, 1.165) is 24.9 Å². The lowest BCUT2D eigenvalue weighted by atomic mass is 9.70. The highest BCUT2D eigenvalue weighted by molar-refractivity contribution is 7.89. The van der Waals surface area contributed by atoms with E-state index in [1.54, 1.807) is 19.1 Å². The number of benzene rings is 2. The lowest BCUT2D eigenvalue weighted by Gasteiger charge is -2.41. The molecule has 9 nitrogen and oxygen atoms in total. The molecule has 1 unspecified atom stereocenters. The maximum absolute atomic E-state index is 15.6. The van der Waals surface area contributed by atoms with Crippen molar-refractivity contribution in [2.24, 2.45) is 17.0 Å². The molecule has 0 aromatic heterocycles. The molecule has 246 valence electrons. The molecule has 2 aliphatic heterocycles. The SMILES string of the molecule is COC(=O)c1ccc2c(c1)N(C[C@@H]1CCO[C@H]1C(OC)/C(F)=C/C[C@H](C)CS(N)(=O)=O)C[C@@]1(CCCc3cc(Cl)ccc31)CO2. The second kappa shape index (κ2) is 14.0. The fraction of sp³-hybridized carbons (Fsp3) is 0.545. The topological polar surface area (TPSA) is 117 Å². The maximum atomic E-state index is 15.6. The smallest absolute Gasteiger partial charge is 0.337 e. The number of rotatable bonds is 10. The summed E-state index contributed by atoms with van der Waals surface area (Å²) in [6.45, 7) is 3.73. The summed E-state index contributed by atoms with van der Waals surface area (Å²) < 4.78 is 61.8. The number of carbonyl (C=O) groups is 1. The van der Waals surface area contributed by atoms with E-state index in [1.165, 1.54) is 31.4 Å². The number of halogens is 2. The first kappa shape index (κ1) is 33.7. The Bertz CT molecular complexity index is 1540. The Balaban J connectivity index is 1.46. The molecule has 0 bridgehead atoms. The summed E-state index contributed by atoms with van der Waals surface area (Å²) >= 11 is 6.39. The summed E-state index contributed by atoms with van der Waals surface area (Å²) in [5, 5.41) is 5.87. The summed E-state index contributed by atoms with van der Waals surface area (Å²) in [5.74, 6) is -0.996. The second-order valence-electron chi connectivity index (χ2n) is 12.6. The number of hydrogen-bond acceptors (Lipinski definition) is 8. The van der Waals surface area contributed by atoms with Gasteiger partial charge >= 0.3 is 5.97 Å². The van der Waals surface area contributed by atoms with Crippen LogP contribution in [0, 0.1) is 11.8 Å². The Morgan fingerprint density at radius 3 is 2.80 bits per heavy atom. The Hall–Kier alpha value is -2.70. The van der Waals surface area contributed by atoms with Crippen LogP contribution in [-0.2, 0) is 36.1 Å². The zero-order chi connectivity index (χ0) is 32.4. The molecule has 3 aliphatic rings. The lowest BCUT2D eigenvalue weighted by molar-refractivity contribution is -0.0322. The van der Waals surface area contributed by atoms with E-state index in [-0.39, 0.29) is 29.4 Å². The van der Waals surface area contributed by atoms with Crippen molar-refractivity contribution < 1.29 is 36.6 Å². The molecule has 1 aliphatic carbocycles. The molecule has 2 aromatic carbocycles. The number of primary sulfonamides is 1. The fourth-order valence-corrected chi connectivity index (χ4v) is 8.25. The first-order chi connectivity index (χ1) is 21.4. The van der Waals surface area contributed by atoms with Gasteiger partial charge in [-0.2, -0.15) is 0 Å². The van der Waals surface area contributed by atoms with Crippen LogP contribution in [0.3, 0.4) is 0 Å². The van der Waals surface area contributed by atoms with Gasteiger partial charge in [0.25, 0.3) is 0 Å². The van der Waals surface area contributed by atoms with Crippen molar-refractivity contribution in [3.05, 3.63) is 70.0 Å². The van der Waals surface area contributed by atoms with E-state index < -0.39 is 34.0 Å². The van der Waals surface area contributed by atoms with Gasteiger partial charge in [0.2, 0.25) is 10.0 Å². The molecule has 5 atom stereocenters. The summed E-state index contributed by atoms with van der Waals surface area (Å²) in [6, 6.07) is 11.4. The van der Waals surface area contributed by atoms with Gasteiger partial charge in [0, 0.05) is 43.2 Å². The largest absolute Gasteiger partial charge is 0.490 e. The molecule has 0 radical (unpaired) electrons. The van der Waals surface area contributed by atoms with Gasteiger partial charge in [0.05, 0.1) is 36.8 Å². The molecule has 1 spiro atoms. The highest BCUT2D eigenvalue weighted by atomic mass is 35.5. The van der Waals surface area contributed by atoms with Gasteiger partial charge in [-0.05, 0) is 85.6 Å². The summed E-state index contributed by atoms with van der Waals surface area (Å²) in [7, 11) is -0.870. The number of nitrogens with zero attached hydrogens (tertiary/aromatic N) is 1. The monoisotopic (exact) mass is 664 g/mol. The van der Waals surface area contributed by atoms with Gasteiger partial charge < -0.3 is 23.8 Å². The number of sulfonamides is 1. The van der Waals surface area contributed by atoms with E-state index in [2.05, 4.69) is 11.0 Å². The number of nitrogens with two attached hydrogens (primary N) is 1. The predicted octanol–water partition coefficient (Wildman–Crippen LogP) is 5.19. The zero-order valence-corrected chi connectivity index (χ0v) is 27.5. The van der Waals surface area contributed by atoms with Gasteiger partial charge in [0.15, 0.2) is 0 Å². The van der Waals surface area contributed by atoms with Gasteiger partial charge in [-0.25, -0.2) is 22.7 Å². The third-order valence-electron chi connectivity index (χ3n) is 9.23. The number of aryl methyl sites for hydroxylation is 1. The first-order valence-corrected chi connectivity index (χ1v) is 17.4. The summed E-state index contributed by atoms with van der Waals surface area (Å²) in [4.78, 5) is 14.8. The quantitative estimate of drug-likeness (QED) is 0.345. The van der Waals surface area contributed by atoms with Crippen molar-refractivity contribution in [3.8, 4) is 5.75 Å². The van der Waals surface area contributed by atoms with Gasteiger partial charge in [0.1, 0.15) is 17.7 Å².